The van der Waals surface area contributed by atoms with Crippen LogP contribution in [0, 0.1) is 11.3 Å². The molecular weight excluding hydrogens is 364 g/mol. The van der Waals surface area contributed by atoms with Crippen molar-refractivity contribution in [3.05, 3.63) is 73.6 Å². The molecule has 0 saturated carbocycles. The second-order valence-corrected chi connectivity index (χ2v) is 5.82. The number of hydrogen-bond acceptors (Lipinski definition) is 6. The van der Waals surface area contributed by atoms with Crippen LogP contribution in [0.15, 0.2) is 55.5 Å². The standard InChI is InChI=1S/C16H11BrN2O4/c17-9-3-1-8(2-4-9)13-11(6-18)16(19)23-14-12(21)5-10(7-20)22-15(13)14/h1-5,13,20H,7,19H2/t13-/m0/s1. The number of nitriles is 1. The van der Waals surface area contributed by atoms with Crippen LogP contribution in [0.1, 0.15) is 23.0 Å². The summed E-state index contributed by atoms with van der Waals surface area (Å²) in [6.45, 7) is -0.434. The van der Waals surface area contributed by atoms with Crippen molar-refractivity contribution in [1.82, 2.24) is 0 Å². The zero-order valence-electron chi connectivity index (χ0n) is 11.7. The molecule has 1 aliphatic rings. The molecule has 3 N–H and O–H groups in total. The summed E-state index contributed by atoms with van der Waals surface area (Å²) in [5.74, 6) is -0.605. The molecule has 2 heterocycles. The Balaban J connectivity index is 2.28. The van der Waals surface area contributed by atoms with Crippen molar-refractivity contribution < 1.29 is 14.3 Å². The Labute approximate surface area is 139 Å². The molecule has 116 valence electrons. The summed E-state index contributed by atoms with van der Waals surface area (Å²) in [5, 5.41) is 18.7. The van der Waals surface area contributed by atoms with Gasteiger partial charge in [-0.2, -0.15) is 5.26 Å². The third kappa shape index (κ3) is 2.63. The summed E-state index contributed by atoms with van der Waals surface area (Å²) in [4.78, 5) is 12.2. The molecule has 0 bridgehead atoms. The maximum atomic E-state index is 12.2. The van der Waals surface area contributed by atoms with Crippen LogP contribution < -0.4 is 15.9 Å². The highest BCUT2D eigenvalue weighted by Crippen LogP contribution is 2.41. The zero-order valence-corrected chi connectivity index (χ0v) is 13.3. The fraction of sp³-hybridized carbons (Fsp3) is 0.125. The largest absolute Gasteiger partial charge is 0.458 e. The van der Waals surface area contributed by atoms with Crippen molar-refractivity contribution in [2.75, 3.05) is 0 Å². The summed E-state index contributed by atoms with van der Waals surface area (Å²) < 4.78 is 11.7. The number of fused-ring (bicyclic) bond motifs is 1. The van der Waals surface area contributed by atoms with Crippen molar-refractivity contribution >= 4 is 15.9 Å². The van der Waals surface area contributed by atoms with Gasteiger partial charge in [-0.15, -0.1) is 0 Å². The van der Waals surface area contributed by atoms with Gasteiger partial charge in [0.15, 0.2) is 5.76 Å². The lowest BCUT2D eigenvalue weighted by molar-refractivity contribution is 0.231. The van der Waals surface area contributed by atoms with Gasteiger partial charge >= 0.3 is 0 Å². The van der Waals surface area contributed by atoms with Gasteiger partial charge in [-0.05, 0) is 17.7 Å². The van der Waals surface area contributed by atoms with Crippen molar-refractivity contribution in [1.29, 1.82) is 5.26 Å². The number of hydrogen-bond donors (Lipinski definition) is 2. The van der Waals surface area contributed by atoms with Gasteiger partial charge in [-0.25, -0.2) is 0 Å². The molecule has 0 radical (unpaired) electrons. The molecular formula is C16H11BrN2O4. The summed E-state index contributed by atoms with van der Waals surface area (Å²) in [5.41, 5.74) is 6.21. The van der Waals surface area contributed by atoms with Gasteiger partial charge in [-0.3, -0.25) is 4.79 Å². The molecule has 1 aromatic heterocycles. The number of aliphatic hydroxyl groups is 1. The number of nitrogens with two attached hydrogens (primary N) is 1. The fourth-order valence-electron chi connectivity index (χ4n) is 2.45. The van der Waals surface area contributed by atoms with Crippen LogP contribution in [0.25, 0.3) is 0 Å². The lowest BCUT2D eigenvalue weighted by Gasteiger charge is -2.24. The molecule has 0 unspecified atom stereocenters. The van der Waals surface area contributed by atoms with E-state index >= 15 is 0 Å². The van der Waals surface area contributed by atoms with Gasteiger partial charge in [0.1, 0.15) is 24.0 Å². The van der Waals surface area contributed by atoms with Gasteiger partial charge in [0.25, 0.3) is 0 Å². The Morgan fingerprint density at radius 2 is 2.04 bits per heavy atom. The number of ether oxygens (including phenoxy) is 1. The van der Waals surface area contributed by atoms with E-state index in [9.17, 15) is 15.2 Å². The highest BCUT2D eigenvalue weighted by molar-refractivity contribution is 9.10. The highest BCUT2D eigenvalue weighted by Gasteiger charge is 2.35. The third-order valence-electron chi connectivity index (χ3n) is 3.49. The van der Waals surface area contributed by atoms with Crippen LogP contribution in [-0.4, -0.2) is 5.11 Å². The minimum Gasteiger partial charge on any atom is -0.458 e. The summed E-state index contributed by atoms with van der Waals surface area (Å²) in [7, 11) is 0. The first-order chi connectivity index (χ1) is 11.0. The predicted octanol–water partition coefficient (Wildman–Crippen LogP) is 2.11. The van der Waals surface area contributed by atoms with E-state index in [4.69, 9.17) is 14.9 Å². The molecule has 1 aromatic carbocycles. The fourth-order valence-corrected chi connectivity index (χ4v) is 2.71. The van der Waals surface area contributed by atoms with Gasteiger partial charge < -0.3 is 20.0 Å². The topological polar surface area (TPSA) is 109 Å². The van der Waals surface area contributed by atoms with Gasteiger partial charge in [-0.1, -0.05) is 28.1 Å². The van der Waals surface area contributed by atoms with Crippen LogP contribution in [0.3, 0.4) is 0 Å². The second kappa shape index (κ2) is 5.91. The van der Waals surface area contributed by atoms with E-state index in [2.05, 4.69) is 15.9 Å². The van der Waals surface area contributed by atoms with Crippen molar-refractivity contribution in [3.63, 3.8) is 0 Å². The lowest BCUT2D eigenvalue weighted by Crippen LogP contribution is -2.25. The number of nitrogens with zero attached hydrogens (tertiary/aromatic N) is 1. The molecule has 0 amide bonds. The molecule has 2 aromatic rings. The average Bonchev–Trinajstić information content (AvgIpc) is 2.55. The van der Waals surface area contributed by atoms with Crippen molar-refractivity contribution in [2.24, 2.45) is 5.73 Å². The molecule has 0 aliphatic carbocycles. The Bertz CT molecular complexity index is 894. The first-order valence-corrected chi connectivity index (χ1v) is 7.45. The van der Waals surface area contributed by atoms with E-state index in [-0.39, 0.29) is 28.7 Å². The third-order valence-corrected chi connectivity index (χ3v) is 4.02. The van der Waals surface area contributed by atoms with Gasteiger partial charge in [0, 0.05) is 10.5 Å². The van der Waals surface area contributed by atoms with E-state index in [0.717, 1.165) is 16.1 Å². The maximum Gasteiger partial charge on any atom is 0.228 e. The van der Waals surface area contributed by atoms with Gasteiger partial charge in [0.05, 0.1) is 5.92 Å². The molecule has 0 fully saturated rings. The average molecular weight is 375 g/mol. The number of benzene rings is 1. The van der Waals surface area contributed by atoms with E-state index in [0.29, 0.717) is 0 Å². The molecule has 23 heavy (non-hydrogen) atoms. The number of rotatable bonds is 2. The van der Waals surface area contributed by atoms with Crippen LogP contribution in [0.4, 0.5) is 0 Å². The second-order valence-electron chi connectivity index (χ2n) is 4.90. The van der Waals surface area contributed by atoms with Crippen LogP contribution >= 0.6 is 15.9 Å². The van der Waals surface area contributed by atoms with E-state index in [1.165, 1.54) is 0 Å². The minimum atomic E-state index is -0.670. The monoisotopic (exact) mass is 374 g/mol. The smallest absolute Gasteiger partial charge is 0.228 e. The molecule has 7 heteroatoms. The lowest BCUT2D eigenvalue weighted by atomic mass is 9.87. The van der Waals surface area contributed by atoms with E-state index in [1.807, 2.05) is 18.2 Å². The molecule has 6 nitrogen and oxygen atoms in total. The summed E-state index contributed by atoms with van der Waals surface area (Å²) >= 11 is 3.35. The zero-order chi connectivity index (χ0) is 16.6. The predicted molar refractivity (Wildman–Crippen MR) is 84.3 cm³/mol. The number of allylic oxidation sites excluding steroid dienone is 1. The Kier molecular flexibility index (Phi) is 3.94. The highest BCUT2D eigenvalue weighted by atomic mass is 79.9. The van der Waals surface area contributed by atoms with E-state index < -0.39 is 18.0 Å². The van der Waals surface area contributed by atoms with Gasteiger partial charge in [0.2, 0.25) is 17.1 Å². The Hall–Kier alpha value is -2.56. The number of halogens is 1. The first kappa shape index (κ1) is 15.3. The Morgan fingerprint density at radius 3 is 2.65 bits per heavy atom. The minimum absolute atomic E-state index is 0.0633. The maximum absolute atomic E-state index is 12.2. The SMILES string of the molecule is N#CC1=C(N)Oc2c(oc(CO)cc2=O)[C@H]1c1ccc(Br)cc1. The molecule has 0 saturated heterocycles. The summed E-state index contributed by atoms with van der Waals surface area (Å²) in [6, 6.07) is 10.4. The normalized spacial score (nSPS) is 16.5. The quantitative estimate of drug-likeness (QED) is 0.832. The first-order valence-electron chi connectivity index (χ1n) is 6.66. The Morgan fingerprint density at radius 1 is 1.35 bits per heavy atom. The molecule has 1 atom stereocenters. The molecule has 0 spiro atoms. The van der Waals surface area contributed by atoms with Crippen LogP contribution in [0.2, 0.25) is 0 Å². The molecule has 3 rings (SSSR count). The molecule has 1 aliphatic heterocycles. The van der Waals surface area contributed by atoms with E-state index in [1.54, 1.807) is 12.1 Å². The van der Waals surface area contributed by atoms with Crippen LogP contribution in [0.5, 0.6) is 5.75 Å². The summed E-state index contributed by atoms with van der Waals surface area (Å²) in [6.07, 6.45) is 0. The van der Waals surface area contributed by atoms with Crippen LogP contribution in [-0.2, 0) is 6.61 Å². The number of aliphatic hydroxyl groups excluding tert-OH is 1. The van der Waals surface area contributed by atoms with Crippen molar-refractivity contribution in [2.45, 2.75) is 12.5 Å². The van der Waals surface area contributed by atoms with Crippen molar-refractivity contribution in [3.8, 4) is 11.8 Å².